The number of hydrogen-bond donors (Lipinski definition) is 2. The maximum Gasteiger partial charge on any atom is 0.251 e. The van der Waals surface area contributed by atoms with Crippen LogP contribution in [0.5, 0.6) is 0 Å². The molecule has 2 rings (SSSR count). The fourth-order valence-corrected chi connectivity index (χ4v) is 2.58. The molecule has 0 bridgehead atoms. The van der Waals surface area contributed by atoms with E-state index in [0.717, 1.165) is 12.8 Å². The van der Waals surface area contributed by atoms with Crippen LogP contribution in [0.4, 0.5) is 4.39 Å². The monoisotopic (exact) mass is 345 g/mol. The Bertz CT molecular complexity index is 477. The van der Waals surface area contributed by atoms with Gasteiger partial charge in [0.05, 0.1) is 10.6 Å². The highest BCUT2D eigenvalue weighted by Crippen LogP contribution is 2.19. The summed E-state index contributed by atoms with van der Waals surface area (Å²) in [7, 11) is 0. The third-order valence-corrected chi connectivity index (χ3v) is 4.07. The van der Waals surface area contributed by atoms with Gasteiger partial charge in [0.1, 0.15) is 5.82 Å². The summed E-state index contributed by atoms with van der Waals surface area (Å²) in [4.78, 5) is 11.9. The van der Waals surface area contributed by atoms with Crippen LogP contribution in [0.3, 0.4) is 0 Å². The number of benzene rings is 1. The fraction of sp³-hybridized carbons (Fsp3) is 0.500. The summed E-state index contributed by atoms with van der Waals surface area (Å²) in [6, 6.07) is 4.07. The topological polar surface area (TPSA) is 58.6 Å². The average molecular weight is 346 g/mol. The van der Waals surface area contributed by atoms with Crippen molar-refractivity contribution in [3.8, 4) is 0 Å². The minimum Gasteiger partial charge on any atom is -0.391 e. The van der Waals surface area contributed by atoms with Gasteiger partial charge in [-0.1, -0.05) is 0 Å². The smallest absolute Gasteiger partial charge is 0.251 e. The van der Waals surface area contributed by atoms with Gasteiger partial charge in [-0.25, -0.2) is 4.39 Å². The number of ether oxygens (including phenoxy) is 1. The molecule has 1 aromatic carbocycles. The van der Waals surface area contributed by atoms with Crippen molar-refractivity contribution < 1.29 is 19.0 Å². The van der Waals surface area contributed by atoms with E-state index in [1.165, 1.54) is 18.2 Å². The Morgan fingerprint density at radius 1 is 1.50 bits per heavy atom. The summed E-state index contributed by atoms with van der Waals surface area (Å²) in [6.07, 6.45) is 1.03. The molecular formula is C14H17BrFNO3. The van der Waals surface area contributed by atoms with Gasteiger partial charge < -0.3 is 15.2 Å². The van der Waals surface area contributed by atoms with Gasteiger partial charge in [0, 0.05) is 25.3 Å². The van der Waals surface area contributed by atoms with E-state index in [1.54, 1.807) is 0 Å². The summed E-state index contributed by atoms with van der Waals surface area (Å²) in [5.74, 6) is -0.579. The zero-order valence-corrected chi connectivity index (χ0v) is 12.5. The van der Waals surface area contributed by atoms with Crippen LogP contribution in [-0.4, -0.2) is 36.9 Å². The Hall–Kier alpha value is -0.980. The van der Waals surface area contributed by atoms with E-state index >= 15 is 0 Å². The van der Waals surface area contributed by atoms with Gasteiger partial charge in [-0.05, 0) is 52.9 Å². The highest BCUT2D eigenvalue weighted by Gasteiger charge is 2.22. The van der Waals surface area contributed by atoms with Crippen LogP contribution in [-0.2, 0) is 4.74 Å². The first-order valence-electron chi connectivity index (χ1n) is 6.57. The molecule has 0 saturated carbocycles. The zero-order chi connectivity index (χ0) is 14.5. The summed E-state index contributed by atoms with van der Waals surface area (Å²) >= 11 is 3.04. The van der Waals surface area contributed by atoms with Crippen molar-refractivity contribution in [3.05, 3.63) is 34.1 Å². The molecule has 1 amide bonds. The number of nitrogens with one attached hydrogen (secondary N) is 1. The van der Waals surface area contributed by atoms with Gasteiger partial charge in [0.2, 0.25) is 0 Å². The highest BCUT2D eigenvalue weighted by atomic mass is 79.9. The Labute approximate surface area is 125 Å². The second kappa shape index (κ2) is 7.15. The Morgan fingerprint density at radius 2 is 2.20 bits per heavy atom. The summed E-state index contributed by atoms with van der Waals surface area (Å²) < 4.78 is 18.6. The van der Waals surface area contributed by atoms with Crippen molar-refractivity contribution in [2.24, 2.45) is 5.92 Å². The number of rotatable bonds is 4. The highest BCUT2D eigenvalue weighted by molar-refractivity contribution is 9.10. The molecule has 0 radical (unpaired) electrons. The third kappa shape index (κ3) is 4.01. The molecule has 110 valence electrons. The lowest BCUT2D eigenvalue weighted by Crippen LogP contribution is -2.38. The summed E-state index contributed by atoms with van der Waals surface area (Å²) in [5, 5.41) is 12.7. The lowest BCUT2D eigenvalue weighted by Gasteiger charge is -2.26. The number of halogens is 2. The molecule has 2 N–H and O–H groups in total. The maximum atomic E-state index is 13.1. The quantitative estimate of drug-likeness (QED) is 0.878. The van der Waals surface area contributed by atoms with Crippen molar-refractivity contribution in [3.63, 3.8) is 0 Å². The lowest BCUT2D eigenvalue weighted by molar-refractivity contribution is 0.00873. The Morgan fingerprint density at radius 3 is 2.85 bits per heavy atom. The van der Waals surface area contributed by atoms with Crippen LogP contribution in [0.25, 0.3) is 0 Å². The lowest BCUT2D eigenvalue weighted by atomic mass is 9.94. The predicted molar refractivity (Wildman–Crippen MR) is 76.0 cm³/mol. The standard InChI is InChI=1S/C14H17BrFNO3/c15-11-7-10(1-2-12(11)16)14(19)17-8-13(18)9-3-5-20-6-4-9/h1-2,7,9,13,18H,3-6,8H2,(H,17,19)/t13-/m0/s1. The van der Waals surface area contributed by atoms with Crippen molar-refractivity contribution in [1.29, 1.82) is 0 Å². The molecule has 1 atom stereocenters. The second-order valence-corrected chi connectivity index (χ2v) is 5.71. The number of amides is 1. The van der Waals surface area contributed by atoms with Crippen LogP contribution in [0, 0.1) is 11.7 Å². The number of carbonyl (C=O) groups is 1. The molecule has 1 fully saturated rings. The van der Waals surface area contributed by atoms with Crippen molar-refractivity contribution in [2.75, 3.05) is 19.8 Å². The van der Waals surface area contributed by atoms with Crippen molar-refractivity contribution >= 4 is 21.8 Å². The molecule has 1 aromatic rings. The van der Waals surface area contributed by atoms with Gasteiger partial charge >= 0.3 is 0 Å². The molecular weight excluding hydrogens is 329 g/mol. The molecule has 1 heterocycles. The van der Waals surface area contributed by atoms with Crippen LogP contribution < -0.4 is 5.32 Å². The van der Waals surface area contributed by atoms with E-state index < -0.39 is 11.9 Å². The molecule has 0 unspecified atom stereocenters. The van der Waals surface area contributed by atoms with E-state index in [0.29, 0.717) is 18.8 Å². The van der Waals surface area contributed by atoms with E-state index in [2.05, 4.69) is 21.2 Å². The van der Waals surface area contributed by atoms with Crippen LogP contribution in [0.1, 0.15) is 23.2 Å². The van der Waals surface area contributed by atoms with Crippen molar-refractivity contribution in [1.82, 2.24) is 5.32 Å². The first kappa shape index (κ1) is 15.4. The molecule has 0 aromatic heterocycles. The summed E-state index contributed by atoms with van der Waals surface area (Å²) in [5.41, 5.74) is 0.359. The molecule has 0 spiro atoms. The fourth-order valence-electron chi connectivity index (χ4n) is 2.20. The zero-order valence-electron chi connectivity index (χ0n) is 10.9. The Kier molecular flexibility index (Phi) is 5.51. The van der Waals surface area contributed by atoms with Gasteiger partial charge in [0.25, 0.3) is 5.91 Å². The van der Waals surface area contributed by atoms with Crippen molar-refractivity contribution in [2.45, 2.75) is 18.9 Å². The third-order valence-electron chi connectivity index (χ3n) is 3.46. The normalized spacial score (nSPS) is 17.8. The molecule has 4 nitrogen and oxygen atoms in total. The molecule has 1 aliphatic heterocycles. The van der Waals surface area contributed by atoms with Gasteiger partial charge in [-0.3, -0.25) is 4.79 Å². The average Bonchev–Trinajstić information content (AvgIpc) is 2.48. The maximum absolute atomic E-state index is 13.1. The molecule has 0 aliphatic carbocycles. The van der Waals surface area contributed by atoms with E-state index in [9.17, 15) is 14.3 Å². The predicted octanol–water partition coefficient (Wildman–Crippen LogP) is 2.11. The minimum absolute atomic E-state index is 0.156. The molecule has 1 aliphatic rings. The second-order valence-electron chi connectivity index (χ2n) is 4.86. The first-order chi connectivity index (χ1) is 9.58. The number of carbonyl (C=O) groups excluding carboxylic acids is 1. The van der Waals surface area contributed by atoms with Gasteiger partial charge in [-0.15, -0.1) is 0 Å². The van der Waals surface area contributed by atoms with Crippen LogP contribution in [0.15, 0.2) is 22.7 Å². The molecule has 1 saturated heterocycles. The van der Waals surface area contributed by atoms with Gasteiger partial charge in [-0.2, -0.15) is 0 Å². The van der Waals surface area contributed by atoms with E-state index in [1.807, 2.05) is 0 Å². The van der Waals surface area contributed by atoms with Gasteiger partial charge in [0.15, 0.2) is 0 Å². The number of hydrogen-bond acceptors (Lipinski definition) is 3. The number of aliphatic hydroxyl groups excluding tert-OH is 1. The molecule has 6 heteroatoms. The van der Waals surface area contributed by atoms with Crippen LogP contribution in [0.2, 0.25) is 0 Å². The van der Waals surface area contributed by atoms with E-state index in [-0.39, 0.29) is 22.8 Å². The number of aliphatic hydroxyl groups is 1. The first-order valence-corrected chi connectivity index (χ1v) is 7.36. The summed E-state index contributed by atoms with van der Waals surface area (Å²) in [6.45, 7) is 1.50. The SMILES string of the molecule is O=C(NC[C@H](O)C1CCOCC1)c1ccc(F)c(Br)c1. The van der Waals surface area contributed by atoms with E-state index in [4.69, 9.17) is 4.74 Å². The Balaban J connectivity index is 1.86. The molecule has 20 heavy (non-hydrogen) atoms. The largest absolute Gasteiger partial charge is 0.391 e. The van der Waals surface area contributed by atoms with Crippen LogP contribution >= 0.6 is 15.9 Å². The minimum atomic E-state index is -0.577.